The molecule has 5 heteroatoms. The number of hydrogen-bond donors (Lipinski definition) is 3. The molecule has 0 bridgehead atoms. The number of nitrogens with one attached hydrogen (secondary N) is 2. The molecule has 0 radical (unpaired) electrons. The first-order valence-corrected chi connectivity index (χ1v) is 9.04. The van der Waals surface area contributed by atoms with Crippen molar-refractivity contribution in [2.75, 3.05) is 13.2 Å². The van der Waals surface area contributed by atoms with Gasteiger partial charge in [-0.15, -0.1) is 0 Å². The molecule has 0 aromatic heterocycles. The maximum atomic E-state index is 12.3. The molecular formula is C18H34N2O3. The van der Waals surface area contributed by atoms with Crippen LogP contribution in [0.5, 0.6) is 0 Å². The largest absolute Gasteiger partial charge is 0.396 e. The van der Waals surface area contributed by atoms with Crippen LogP contribution in [0.25, 0.3) is 0 Å². The molecule has 2 rings (SSSR count). The first kappa shape index (κ1) is 18.5. The highest BCUT2D eigenvalue weighted by Crippen LogP contribution is 2.39. The third-order valence-corrected chi connectivity index (χ3v) is 5.56. The Morgan fingerprint density at radius 2 is 1.83 bits per heavy atom. The van der Waals surface area contributed by atoms with E-state index in [-0.39, 0.29) is 35.3 Å². The van der Waals surface area contributed by atoms with Gasteiger partial charge >= 0.3 is 6.03 Å². The lowest BCUT2D eigenvalue weighted by molar-refractivity contribution is -0.0690. The Bertz CT molecular complexity index is 409. The Morgan fingerprint density at radius 3 is 2.35 bits per heavy atom. The van der Waals surface area contributed by atoms with Gasteiger partial charge in [-0.2, -0.15) is 0 Å². The Hall–Kier alpha value is -0.810. The number of carbonyl (C=O) groups is 1. The SMILES string of the molecule is CC1(C)CC(NC(=O)NCC2(CCO)CCCCC2)C(C)(C)O1. The third kappa shape index (κ3) is 4.83. The molecule has 0 aromatic carbocycles. The average Bonchev–Trinajstić information content (AvgIpc) is 2.65. The number of aliphatic hydroxyl groups excluding tert-OH is 1. The summed E-state index contributed by atoms with van der Waals surface area (Å²) in [6.07, 6.45) is 7.44. The predicted molar refractivity (Wildman–Crippen MR) is 91.4 cm³/mol. The highest BCUT2D eigenvalue weighted by molar-refractivity contribution is 5.74. The molecule has 3 N–H and O–H groups in total. The van der Waals surface area contributed by atoms with Crippen molar-refractivity contribution in [1.29, 1.82) is 0 Å². The molecule has 1 aliphatic carbocycles. The topological polar surface area (TPSA) is 70.6 Å². The molecular weight excluding hydrogens is 292 g/mol. The minimum atomic E-state index is -0.353. The van der Waals surface area contributed by atoms with E-state index in [1.165, 1.54) is 19.3 Å². The molecule has 1 saturated heterocycles. The standard InChI is InChI=1S/C18H34N2O3/c1-16(2)12-14(17(3,4)23-16)20-15(22)19-13-18(10-11-21)8-6-5-7-9-18/h14,21H,5-13H2,1-4H3,(H2,19,20,22). The van der Waals surface area contributed by atoms with Gasteiger partial charge in [0.15, 0.2) is 0 Å². The summed E-state index contributed by atoms with van der Waals surface area (Å²) in [5, 5.41) is 15.5. The van der Waals surface area contributed by atoms with E-state index in [1.807, 2.05) is 13.8 Å². The predicted octanol–water partition coefficient (Wildman–Crippen LogP) is 2.96. The number of ether oxygens (including phenoxy) is 1. The highest BCUT2D eigenvalue weighted by Gasteiger charge is 2.46. The van der Waals surface area contributed by atoms with Gasteiger partial charge in [-0.05, 0) is 58.8 Å². The highest BCUT2D eigenvalue weighted by atomic mass is 16.5. The average molecular weight is 326 g/mol. The quantitative estimate of drug-likeness (QED) is 0.727. The van der Waals surface area contributed by atoms with Crippen LogP contribution < -0.4 is 10.6 Å². The van der Waals surface area contributed by atoms with Crippen LogP contribution in [-0.2, 0) is 4.74 Å². The van der Waals surface area contributed by atoms with Crippen LogP contribution in [0.2, 0.25) is 0 Å². The molecule has 1 aliphatic heterocycles. The molecule has 2 aliphatic rings. The minimum absolute atomic E-state index is 0.0117. The fourth-order valence-corrected chi connectivity index (χ4v) is 4.32. The molecule has 1 saturated carbocycles. The molecule has 2 amide bonds. The summed E-state index contributed by atoms with van der Waals surface area (Å²) in [4.78, 5) is 12.3. The van der Waals surface area contributed by atoms with Gasteiger partial charge in [-0.3, -0.25) is 0 Å². The smallest absolute Gasteiger partial charge is 0.315 e. The lowest BCUT2D eigenvalue weighted by Gasteiger charge is -2.37. The monoisotopic (exact) mass is 326 g/mol. The van der Waals surface area contributed by atoms with Crippen molar-refractivity contribution in [2.45, 2.75) is 89.9 Å². The minimum Gasteiger partial charge on any atom is -0.396 e. The molecule has 0 aromatic rings. The summed E-state index contributed by atoms with van der Waals surface area (Å²) < 4.78 is 6.03. The summed E-state index contributed by atoms with van der Waals surface area (Å²) in [5.74, 6) is 0. The van der Waals surface area contributed by atoms with Crippen LogP contribution in [0.15, 0.2) is 0 Å². The second kappa shape index (κ2) is 6.98. The zero-order valence-corrected chi connectivity index (χ0v) is 15.2. The number of amides is 2. The van der Waals surface area contributed by atoms with Crippen molar-refractivity contribution in [1.82, 2.24) is 10.6 Å². The van der Waals surface area contributed by atoms with Gasteiger partial charge in [0.2, 0.25) is 0 Å². The van der Waals surface area contributed by atoms with Crippen molar-refractivity contribution in [2.24, 2.45) is 5.41 Å². The van der Waals surface area contributed by atoms with Crippen molar-refractivity contribution in [3.05, 3.63) is 0 Å². The van der Waals surface area contributed by atoms with Crippen molar-refractivity contribution in [3.63, 3.8) is 0 Å². The first-order chi connectivity index (χ1) is 10.7. The molecule has 2 fully saturated rings. The Balaban J connectivity index is 1.87. The van der Waals surface area contributed by atoms with Crippen LogP contribution in [-0.4, -0.2) is 41.5 Å². The Labute approximate surface area is 140 Å². The first-order valence-electron chi connectivity index (χ1n) is 9.04. The number of carbonyl (C=O) groups excluding carboxylic acids is 1. The van der Waals surface area contributed by atoms with Gasteiger partial charge in [-0.1, -0.05) is 19.3 Å². The van der Waals surface area contributed by atoms with Gasteiger partial charge < -0.3 is 20.5 Å². The summed E-state index contributed by atoms with van der Waals surface area (Å²) in [6, 6.07) is -0.107. The number of rotatable bonds is 5. The fraction of sp³-hybridized carbons (Fsp3) is 0.944. The van der Waals surface area contributed by atoms with Gasteiger partial charge in [0.1, 0.15) is 0 Å². The van der Waals surface area contributed by atoms with Crippen LogP contribution in [0.4, 0.5) is 4.79 Å². The molecule has 1 heterocycles. The van der Waals surface area contributed by atoms with E-state index in [9.17, 15) is 9.90 Å². The summed E-state index contributed by atoms with van der Waals surface area (Å²) in [7, 11) is 0. The molecule has 1 unspecified atom stereocenters. The van der Waals surface area contributed by atoms with Crippen molar-refractivity contribution < 1.29 is 14.6 Å². The third-order valence-electron chi connectivity index (χ3n) is 5.56. The molecule has 1 atom stereocenters. The molecule has 5 nitrogen and oxygen atoms in total. The summed E-state index contributed by atoms with van der Waals surface area (Å²) in [5.41, 5.74) is -0.483. The van der Waals surface area contributed by atoms with Gasteiger partial charge in [0, 0.05) is 13.2 Å². The van der Waals surface area contributed by atoms with E-state index in [1.54, 1.807) is 0 Å². The normalized spacial score (nSPS) is 28.3. The van der Waals surface area contributed by atoms with E-state index >= 15 is 0 Å². The molecule has 134 valence electrons. The van der Waals surface area contributed by atoms with Gasteiger partial charge in [0.05, 0.1) is 17.2 Å². The zero-order valence-electron chi connectivity index (χ0n) is 15.2. The number of urea groups is 1. The lowest BCUT2D eigenvalue weighted by atomic mass is 9.72. The second-order valence-electron chi connectivity index (χ2n) is 8.58. The number of hydrogen-bond acceptors (Lipinski definition) is 3. The maximum Gasteiger partial charge on any atom is 0.315 e. The van der Waals surface area contributed by atoms with Gasteiger partial charge in [0.25, 0.3) is 0 Å². The van der Waals surface area contributed by atoms with Crippen molar-refractivity contribution in [3.8, 4) is 0 Å². The van der Waals surface area contributed by atoms with Crippen LogP contribution >= 0.6 is 0 Å². The van der Waals surface area contributed by atoms with Crippen molar-refractivity contribution >= 4 is 6.03 Å². The van der Waals surface area contributed by atoms with Crippen LogP contribution in [0.1, 0.15) is 72.6 Å². The maximum absolute atomic E-state index is 12.3. The fourth-order valence-electron chi connectivity index (χ4n) is 4.32. The molecule has 23 heavy (non-hydrogen) atoms. The second-order valence-corrected chi connectivity index (χ2v) is 8.58. The van der Waals surface area contributed by atoms with Crippen LogP contribution in [0.3, 0.4) is 0 Å². The van der Waals surface area contributed by atoms with E-state index < -0.39 is 0 Å². The number of aliphatic hydroxyl groups is 1. The zero-order chi connectivity index (χ0) is 17.1. The van der Waals surface area contributed by atoms with Crippen LogP contribution in [0, 0.1) is 5.41 Å². The van der Waals surface area contributed by atoms with E-state index in [0.29, 0.717) is 6.54 Å². The Morgan fingerprint density at radius 1 is 1.17 bits per heavy atom. The molecule has 0 spiro atoms. The van der Waals surface area contributed by atoms with E-state index in [0.717, 1.165) is 25.7 Å². The van der Waals surface area contributed by atoms with Gasteiger partial charge in [-0.25, -0.2) is 4.79 Å². The van der Waals surface area contributed by atoms with E-state index in [4.69, 9.17) is 4.74 Å². The van der Waals surface area contributed by atoms with E-state index in [2.05, 4.69) is 24.5 Å². The summed E-state index contributed by atoms with van der Waals surface area (Å²) >= 11 is 0. The summed E-state index contributed by atoms with van der Waals surface area (Å²) in [6.45, 7) is 9.03. The lowest BCUT2D eigenvalue weighted by Crippen LogP contribution is -2.51. The Kier molecular flexibility index (Phi) is 5.62.